The highest BCUT2D eigenvalue weighted by atomic mass is 19.3. The quantitative estimate of drug-likeness (QED) is 0.869. The zero-order chi connectivity index (χ0) is 13.0. The molecule has 2 aromatic rings. The van der Waals surface area contributed by atoms with Gasteiger partial charge in [-0.05, 0) is 12.1 Å². The van der Waals surface area contributed by atoms with Gasteiger partial charge in [0.1, 0.15) is 12.1 Å². The molecule has 0 atom stereocenters. The molecule has 1 amide bonds. The number of halogens is 2. The standard InChI is InChI=1S/C10H8F2N4O2/c11-9(12)18-7-4-2-1-3-6(7)8(17)15-10-13-5-14-16-10/h1-5,9H,(H2,13,14,15,16,17). The third-order valence-corrected chi connectivity index (χ3v) is 1.99. The second kappa shape index (κ2) is 5.21. The Kier molecular flexibility index (Phi) is 3.46. The largest absolute Gasteiger partial charge is 0.434 e. The number of amides is 1. The van der Waals surface area contributed by atoms with E-state index in [9.17, 15) is 13.6 Å². The summed E-state index contributed by atoms with van der Waals surface area (Å²) < 4.78 is 28.6. The van der Waals surface area contributed by atoms with Crippen molar-refractivity contribution in [2.75, 3.05) is 5.32 Å². The molecule has 0 spiro atoms. The summed E-state index contributed by atoms with van der Waals surface area (Å²) in [5.74, 6) is -0.709. The molecule has 0 unspecified atom stereocenters. The summed E-state index contributed by atoms with van der Waals surface area (Å²) in [5.41, 5.74) is -0.0193. The van der Waals surface area contributed by atoms with Gasteiger partial charge in [-0.25, -0.2) is 5.10 Å². The number of nitrogens with zero attached hydrogens (tertiary/aromatic N) is 2. The van der Waals surface area contributed by atoms with Crippen molar-refractivity contribution in [3.63, 3.8) is 0 Å². The molecule has 8 heteroatoms. The molecule has 1 aromatic heterocycles. The van der Waals surface area contributed by atoms with Crippen molar-refractivity contribution in [1.29, 1.82) is 0 Å². The number of rotatable bonds is 4. The number of ether oxygens (including phenoxy) is 1. The average Bonchev–Trinajstić information content (AvgIpc) is 2.81. The number of aromatic nitrogens is 3. The molecule has 0 radical (unpaired) electrons. The first-order valence-electron chi connectivity index (χ1n) is 4.87. The number of nitrogens with one attached hydrogen (secondary N) is 2. The lowest BCUT2D eigenvalue weighted by Gasteiger charge is -2.09. The highest BCUT2D eigenvalue weighted by Crippen LogP contribution is 2.20. The normalized spacial score (nSPS) is 10.4. The lowest BCUT2D eigenvalue weighted by Crippen LogP contribution is -2.15. The Morgan fingerprint density at radius 1 is 1.39 bits per heavy atom. The van der Waals surface area contributed by atoms with Gasteiger partial charge in [-0.3, -0.25) is 10.1 Å². The number of hydrogen-bond donors (Lipinski definition) is 2. The lowest BCUT2D eigenvalue weighted by molar-refractivity contribution is -0.0501. The number of alkyl halides is 2. The summed E-state index contributed by atoms with van der Waals surface area (Å²) >= 11 is 0. The fourth-order valence-electron chi connectivity index (χ4n) is 1.29. The van der Waals surface area contributed by atoms with Crippen LogP contribution >= 0.6 is 0 Å². The van der Waals surface area contributed by atoms with E-state index in [1.165, 1.54) is 30.6 Å². The fourth-order valence-corrected chi connectivity index (χ4v) is 1.29. The van der Waals surface area contributed by atoms with E-state index in [0.717, 1.165) is 0 Å². The Labute approximate surface area is 100.0 Å². The van der Waals surface area contributed by atoms with Crippen LogP contribution in [0.5, 0.6) is 5.75 Å². The van der Waals surface area contributed by atoms with Gasteiger partial charge in [-0.2, -0.15) is 18.9 Å². The molecule has 1 aromatic carbocycles. The fraction of sp³-hybridized carbons (Fsp3) is 0.100. The van der Waals surface area contributed by atoms with Crippen LogP contribution < -0.4 is 10.1 Å². The molecule has 2 rings (SSSR count). The minimum atomic E-state index is -3.00. The van der Waals surface area contributed by atoms with Gasteiger partial charge in [0, 0.05) is 0 Å². The summed E-state index contributed by atoms with van der Waals surface area (Å²) in [6.07, 6.45) is 1.21. The minimum absolute atomic E-state index is 0.0193. The predicted octanol–water partition coefficient (Wildman–Crippen LogP) is 1.66. The van der Waals surface area contributed by atoms with Gasteiger partial charge in [0.05, 0.1) is 5.56 Å². The molecule has 6 nitrogen and oxygen atoms in total. The number of H-pyrrole nitrogens is 1. The van der Waals surface area contributed by atoms with Crippen LogP contribution in [0.25, 0.3) is 0 Å². The Morgan fingerprint density at radius 2 is 2.17 bits per heavy atom. The molecule has 18 heavy (non-hydrogen) atoms. The average molecular weight is 254 g/mol. The molecule has 0 fully saturated rings. The topological polar surface area (TPSA) is 79.9 Å². The van der Waals surface area contributed by atoms with Crippen molar-refractivity contribution in [3.05, 3.63) is 36.2 Å². The maximum absolute atomic E-state index is 12.2. The Bertz CT molecular complexity index is 530. The SMILES string of the molecule is O=C(Nc1ncn[nH]1)c1ccccc1OC(F)F. The van der Waals surface area contributed by atoms with Crippen LogP contribution in [0.15, 0.2) is 30.6 Å². The summed E-state index contributed by atoms with van der Waals surface area (Å²) in [4.78, 5) is 15.5. The number of hydrogen-bond acceptors (Lipinski definition) is 4. The Hall–Kier alpha value is -2.51. The smallest absolute Gasteiger partial charge is 0.387 e. The summed E-state index contributed by atoms with van der Waals surface area (Å²) in [5, 5.41) is 8.31. The van der Waals surface area contributed by atoms with Crippen molar-refractivity contribution in [2.24, 2.45) is 0 Å². The molecular weight excluding hydrogens is 246 g/mol. The highest BCUT2D eigenvalue weighted by Gasteiger charge is 2.15. The first kappa shape index (κ1) is 12.0. The zero-order valence-electron chi connectivity index (χ0n) is 8.93. The van der Waals surface area contributed by atoms with Crippen molar-refractivity contribution < 1.29 is 18.3 Å². The molecule has 0 saturated carbocycles. The van der Waals surface area contributed by atoms with E-state index in [0.29, 0.717) is 0 Å². The molecule has 0 aliphatic rings. The molecule has 0 aliphatic heterocycles. The first-order valence-corrected chi connectivity index (χ1v) is 4.87. The molecule has 94 valence electrons. The lowest BCUT2D eigenvalue weighted by atomic mass is 10.2. The third-order valence-electron chi connectivity index (χ3n) is 1.99. The van der Waals surface area contributed by atoms with Gasteiger partial charge >= 0.3 is 6.61 Å². The Balaban J connectivity index is 2.19. The van der Waals surface area contributed by atoms with E-state index in [1.807, 2.05) is 0 Å². The van der Waals surface area contributed by atoms with Crippen LogP contribution in [0.3, 0.4) is 0 Å². The predicted molar refractivity (Wildman–Crippen MR) is 57.4 cm³/mol. The van der Waals surface area contributed by atoms with Gasteiger partial charge in [0.2, 0.25) is 5.95 Å². The number of aromatic amines is 1. The zero-order valence-corrected chi connectivity index (χ0v) is 8.93. The van der Waals surface area contributed by atoms with E-state index in [-0.39, 0.29) is 17.3 Å². The van der Waals surface area contributed by atoms with Gasteiger partial charge in [-0.15, -0.1) is 0 Å². The van der Waals surface area contributed by atoms with Gasteiger partial charge in [0.15, 0.2) is 0 Å². The number of carbonyl (C=O) groups excluding carboxylic acids is 1. The second-order valence-corrected chi connectivity index (χ2v) is 3.16. The molecule has 0 saturated heterocycles. The minimum Gasteiger partial charge on any atom is -0.434 e. The molecule has 2 N–H and O–H groups in total. The van der Waals surface area contributed by atoms with E-state index in [4.69, 9.17) is 0 Å². The van der Waals surface area contributed by atoms with Crippen molar-refractivity contribution >= 4 is 11.9 Å². The maximum atomic E-state index is 12.2. The Morgan fingerprint density at radius 3 is 2.83 bits per heavy atom. The van der Waals surface area contributed by atoms with Gasteiger partial charge in [0.25, 0.3) is 5.91 Å². The first-order chi connectivity index (χ1) is 8.66. The van der Waals surface area contributed by atoms with Crippen molar-refractivity contribution in [2.45, 2.75) is 6.61 Å². The van der Waals surface area contributed by atoms with Crippen molar-refractivity contribution in [1.82, 2.24) is 15.2 Å². The van der Waals surface area contributed by atoms with E-state index >= 15 is 0 Å². The highest BCUT2D eigenvalue weighted by molar-refractivity contribution is 6.05. The van der Waals surface area contributed by atoms with Crippen LogP contribution in [-0.2, 0) is 0 Å². The van der Waals surface area contributed by atoms with E-state index in [2.05, 4.69) is 25.2 Å². The van der Waals surface area contributed by atoms with Gasteiger partial charge in [-0.1, -0.05) is 12.1 Å². The molecule has 0 bridgehead atoms. The van der Waals surface area contributed by atoms with Crippen LogP contribution in [0.1, 0.15) is 10.4 Å². The van der Waals surface area contributed by atoms with Crippen LogP contribution in [-0.4, -0.2) is 27.7 Å². The van der Waals surface area contributed by atoms with Crippen LogP contribution in [0.2, 0.25) is 0 Å². The molecule has 1 heterocycles. The number of benzene rings is 1. The van der Waals surface area contributed by atoms with Crippen molar-refractivity contribution in [3.8, 4) is 5.75 Å². The number of para-hydroxylation sites is 1. The summed E-state index contributed by atoms with van der Waals surface area (Å²) in [6.45, 7) is -3.00. The molecular formula is C10H8F2N4O2. The molecule has 0 aliphatic carbocycles. The number of anilines is 1. The maximum Gasteiger partial charge on any atom is 0.387 e. The van der Waals surface area contributed by atoms with E-state index < -0.39 is 12.5 Å². The summed E-state index contributed by atoms with van der Waals surface area (Å²) in [6, 6.07) is 5.67. The van der Waals surface area contributed by atoms with Gasteiger partial charge < -0.3 is 4.74 Å². The van der Waals surface area contributed by atoms with Crippen LogP contribution in [0.4, 0.5) is 14.7 Å². The monoisotopic (exact) mass is 254 g/mol. The van der Waals surface area contributed by atoms with Crippen LogP contribution in [0, 0.1) is 0 Å². The second-order valence-electron chi connectivity index (χ2n) is 3.16. The number of carbonyl (C=O) groups is 1. The third kappa shape index (κ3) is 2.78. The van der Waals surface area contributed by atoms with E-state index in [1.54, 1.807) is 0 Å². The summed E-state index contributed by atoms with van der Waals surface area (Å²) in [7, 11) is 0.